The Balaban J connectivity index is 0.000000225. The Bertz CT molecular complexity index is 2740. The van der Waals surface area contributed by atoms with E-state index in [-0.39, 0.29) is 30.9 Å². The second-order valence-electron chi connectivity index (χ2n) is 16.5. The number of nitrogens with one attached hydrogen (secondary N) is 4. The summed E-state index contributed by atoms with van der Waals surface area (Å²) in [5, 5.41) is 9.31. The molecule has 4 heterocycles. The molecule has 13 nitrogen and oxygen atoms in total. The van der Waals surface area contributed by atoms with Crippen LogP contribution in [0.15, 0.2) is 93.9 Å². The highest BCUT2D eigenvalue weighted by Gasteiger charge is 2.23. The summed E-state index contributed by atoms with van der Waals surface area (Å²) in [6.07, 6.45) is 8.41. The van der Waals surface area contributed by atoms with Crippen LogP contribution in [0.2, 0.25) is 10.0 Å². The van der Waals surface area contributed by atoms with Gasteiger partial charge >= 0.3 is 0 Å². The molecule has 4 aromatic carbocycles. The lowest BCUT2D eigenvalue weighted by Crippen LogP contribution is -2.51. The number of H-pyrrole nitrogens is 2. The van der Waals surface area contributed by atoms with Crippen LogP contribution < -0.4 is 10.6 Å². The Morgan fingerprint density at radius 1 is 0.629 bits per heavy atom. The predicted molar refractivity (Wildman–Crippen MR) is 293 cm³/mol. The first-order valence-electron chi connectivity index (χ1n) is 23.4. The molecule has 4 N–H and O–H groups in total. The van der Waals surface area contributed by atoms with E-state index in [1.165, 1.54) is 0 Å². The van der Waals surface area contributed by atoms with Gasteiger partial charge in [0.05, 0.1) is 22.5 Å². The number of aromatic amines is 2. The van der Waals surface area contributed by atoms with Gasteiger partial charge in [-0.25, -0.2) is 0 Å². The summed E-state index contributed by atoms with van der Waals surface area (Å²) >= 11 is 19.0. The van der Waals surface area contributed by atoms with Crippen molar-refractivity contribution in [2.24, 2.45) is 0 Å². The molecule has 17 heteroatoms. The Morgan fingerprint density at radius 3 is 1.49 bits per heavy atom. The number of ether oxygens (including phenoxy) is 1. The molecular formula is C53H60Br2Cl2N8O5. The number of nitrogens with zero attached hydrogens (tertiary/aromatic N) is 4. The summed E-state index contributed by atoms with van der Waals surface area (Å²) in [7, 11) is 2.15. The fourth-order valence-electron chi connectivity index (χ4n) is 8.04. The summed E-state index contributed by atoms with van der Waals surface area (Å²) in [6.45, 7) is 13.4. The number of amides is 3. The lowest BCUT2D eigenvalue weighted by atomic mass is 10.1. The van der Waals surface area contributed by atoms with Crippen LogP contribution in [0, 0.1) is 0 Å². The number of rotatable bonds is 16. The molecule has 2 aliphatic rings. The van der Waals surface area contributed by atoms with E-state index in [2.05, 4.69) is 74.2 Å². The molecule has 2 fully saturated rings. The van der Waals surface area contributed by atoms with Crippen LogP contribution in [0.4, 0.5) is 0 Å². The van der Waals surface area contributed by atoms with Gasteiger partial charge in [0.1, 0.15) is 19.5 Å². The Labute approximate surface area is 436 Å². The van der Waals surface area contributed by atoms with Gasteiger partial charge in [0, 0.05) is 119 Å². The highest BCUT2D eigenvalue weighted by atomic mass is 79.9. The maximum absolute atomic E-state index is 13.3. The molecule has 6 aromatic rings. The largest absolute Gasteiger partial charge is 0.364 e. The number of hydrogen-bond donors (Lipinski definition) is 4. The topological polar surface area (TPSA) is 146 Å². The zero-order valence-corrected chi connectivity index (χ0v) is 44.4. The summed E-state index contributed by atoms with van der Waals surface area (Å²) in [6, 6.07) is 26.9. The average Bonchev–Trinajstić information content (AvgIpc) is 3.92. The summed E-state index contributed by atoms with van der Waals surface area (Å²) in [4.78, 5) is 64.3. The number of carbonyl (C=O) groups is 4. The number of likely N-dealkylation sites (N-methyl/N-ethyl adjacent to an activating group) is 1. The number of aromatic nitrogens is 2. The number of benzene rings is 4. The number of hydrogen-bond acceptors (Lipinski definition) is 8. The smallest absolute Gasteiger partial charge is 0.254 e. The van der Waals surface area contributed by atoms with E-state index in [0.717, 1.165) is 86.0 Å². The Kier molecular flexibility index (Phi) is 21.3. The third-order valence-corrected chi connectivity index (χ3v) is 13.3. The van der Waals surface area contributed by atoms with Crippen molar-refractivity contribution in [3.8, 4) is 0 Å². The molecule has 0 bridgehead atoms. The number of aldehydes is 1. The van der Waals surface area contributed by atoms with Crippen LogP contribution in [0.1, 0.15) is 57.1 Å². The quantitative estimate of drug-likeness (QED) is 0.0554. The molecule has 0 aliphatic carbocycles. The maximum Gasteiger partial charge on any atom is 0.254 e. The van der Waals surface area contributed by atoms with Gasteiger partial charge in [-0.15, -0.1) is 0 Å². The first kappa shape index (κ1) is 54.2. The van der Waals surface area contributed by atoms with Crippen molar-refractivity contribution in [1.82, 2.24) is 40.2 Å². The van der Waals surface area contributed by atoms with Gasteiger partial charge in [-0.05, 0) is 78.9 Å². The van der Waals surface area contributed by atoms with E-state index < -0.39 is 0 Å². The third-order valence-electron chi connectivity index (χ3n) is 11.8. The standard InChI is InChI=1S/C27H28BrClN4O4.C24H26BrClN4O.C2H6/c28-20-4-7-22-24(17-20)31-23(8-3-19-1-5-21(29)6-2-19)26(22)27(36)30-9-10-32-11-13-33(14-12-32)25(35)18-37-16-15-34;1-29-12-14-30(15-13-29)11-10-27-24(31)23-20-8-5-18(25)16-22(20)28-21(23)9-4-17-2-6-19(26)7-3-17;1-2/h1-8,15,17,31H,9-14,16,18H2,(H,30,36);2-9,16,28H,10-15H2,1H3,(H,27,31);1-2H3/b8-3+;9-4+;. The minimum absolute atomic E-state index is 0.0570. The zero-order chi connectivity index (χ0) is 50.0. The molecular weight excluding hydrogens is 1060 g/mol. The number of halogens is 4. The maximum atomic E-state index is 13.3. The first-order chi connectivity index (χ1) is 33.9. The fourth-order valence-corrected chi connectivity index (χ4v) is 9.01. The molecule has 0 spiro atoms. The molecule has 370 valence electrons. The van der Waals surface area contributed by atoms with Gasteiger partial charge in [0.2, 0.25) is 5.91 Å². The van der Waals surface area contributed by atoms with Crippen LogP contribution in [0.5, 0.6) is 0 Å². The summed E-state index contributed by atoms with van der Waals surface area (Å²) in [5.41, 5.74) is 6.57. The van der Waals surface area contributed by atoms with Crippen molar-refractivity contribution >= 4 is 125 Å². The molecule has 2 aliphatic heterocycles. The second kappa shape index (κ2) is 27.5. The third kappa shape index (κ3) is 15.7. The van der Waals surface area contributed by atoms with E-state index in [9.17, 15) is 19.2 Å². The van der Waals surface area contributed by atoms with Crippen molar-refractivity contribution in [2.45, 2.75) is 13.8 Å². The summed E-state index contributed by atoms with van der Waals surface area (Å²) in [5.74, 6) is -0.316. The predicted octanol–water partition coefficient (Wildman–Crippen LogP) is 9.60. The van der Waals surface area contributed by atoms with E-state index >= 15 is 0 Å². The van der Waals surface area contributed by atoms with Gasteiger partial charge in [-0.1, -0.05) is 117 Å². The van der Waals surface area contributed by atoms with E-state index in [1.807, 2.05) is 123 Å². The lowest BCUT2D eigenvalue weighted by Gasteiger charge is -2.34. The molecule has 0 unspecified atom stereocenters. The zero-order valence-electron chi connectivity index (χ0n) is 39.7. The molecule has 8 rings (SSSR count). The van der Waals surface area contributed by atoms with Crippen molar-refractivity contribution < 1.29 is 23.9 Å². The second-order valence-corrected chi connectivity index (χ2v) is 19.2. The highest BCUT2D eigenvalue weighted by Crippen LogP contribution is 2.29. The summed E-state index contributed by atoms with van der Waals surface area (Å²) < 4.78 is 6.90. The van der Waals surface area contributed by atoms with Crippen LogP contribution in [-0.4, -0.2) is 152 Å². The van der Waals surface area contributed by atoms with E-state index in [0.29, 0.717) is 73.3 Å². The molecule has 2 saturated heterocycles. The fraction of sp³-hybridized carbons (Fsp3) is 0.321. The van der Waals surface area contributed by atoms with Crippen LogP contribution in [0.3, 0.4) is 0 Å². The van der Waals surface area contributed by atoms with Gasteiger partial charge in [-0.3, -0.25) is 24.2 Å². The normalized spacial score (nSPS) is 14.6. The van der Waals surface area contributed by atoms with Gasteiger partial charge in [0.25, 0.3) is 11.8 Å². The average molecular weight is 1120 g/mol. The van der Waals surface area contributed by atoms with Crippen LogP contribution in [-0.2, 0) is 14.3 Å². The monoisotopic (exact) mass is 1120 g/mol. The molecule has 0 saturated carbocycles. The van der Waals surface area contributed by atoms with Crippen molar-refractivity contribution in [3.63, 3.8) is 0 Å². The van der Waals surface area contributed by atoms with Crippen molar-refractivity contribution in [2.75, 3.05) is 98.8 Å². The van der Waals surface area contributed by atoms with E-state index in [4.69, 9.17) is 27.9 Å². The minimum atomic E-state index is -0.148. The van der Waals surface area contributed by atoms with Crippen LogP contribution in [0.25, 0.3) is 46.1 Å². The molecule has 2 aromatic heterocycles. The minimum Gasteiger partial charge on any atom is -0.364 e. The Morgan fingerprint density at radius 2 is 1.06 bits per heavy atom. The van der Waals surface area contributed by atoms with Gasteiger partial charge in [-0.2, -0.15) is 0 Å². The highest BCUT2D eigenvalue weighted by molar-refractivity contribution is 9.10. The lowest BCUT2D eigenvalue weighted by molar-refractivity contribution is -0.138. The number of piperazine rings is 2. The van der Waals surface area contributed by atoms with Crippen molar-refractivity contribution in [3.05, 3.63) is 138 Å². The van der Waals surface area contributed by atoms with Gasteiger partial charge in [0.15, 0.2) is 0 Å². The number of carbonyl (C=O) groups excluding carboxylic acids is 4. The Hall–Kier alpha value is -5.10. The molecule has 70 heavy (non-hydrogen) atoms. The first-order valence-corrected chi connectivity index (χ1v) is 25.8. The number of fused-ring (bicyclic) bond motifs is 2. The van der Waals surface area contributed by atoms with Gasteiger partial charge < -0.3 is 39.9 Å². The molecule has 3 amide bonds. The van der Waals surface area contributed by atoms with Crippen molar-refractivity contribution in [1.29, 1.82) is 0 Å². The molecule has 0 atom stereocenters. The molecule has 0 radical (unpaired) electrons. The van der Waals surface area contributed by atoms with Crippen LogP contribution >= 0.6 is 55.1 Å². The van der Waals surface area contributed by atoms with E-state index in [1.54, 1.807) is 4.90 Å². The SMILES string of the molecule is CC.CN1CCN(CCNC(=O)c2c(/C=C/c3ccc(Cl)cc3)[nH]c3cc(Br)ccc23)CC1.O=CCOCC(=O)N1CCN(CCNC(=O)c2c(/C=C/c3ccc(Cl)cc3)[nH]c3cc(Br)ccc23)CC1.